The standard InChI is InChI=1S/C20H19N5O2S/c1-20(2,3)14-10-8-13(9-11-14)17-22-23-19(27-17)28-12-25-18(26)15-6-4-5-7-16(15)21-24-25/h4-11H,12H2,1-3H3. The number of benzene rings is 2. The van der Waals surface area contributed by atoms with Crippen LogP contribution in [0.25, 0.3) is 22.4 Å². The van der Waals surface area contributed by atoms with Crippen molar-refractivity contribution in [2.45, 2.75) is 37.3 Å². The molecule has 0 aliphatic heterocycles. The molecular formula is C20H19N5O2S. The fourth-order valence-electron chi connectivity index (χ4n) is 2.72. The number of thioether (sulfide) groups is 1. The second-order valence-electron chi connectivity index (χ2n) is 7.39. The fourth-order valence-corrected chi connectivity index (χ4v) is 3.36. The smallest absolute Gasteiger partial charge is 0.278 e. The van der Waals surface area contributed by atoms with E-state index in [0.29, 0.717) is 22.0 Å². The molecule has 0 bridgehead atoms. The summed E-state index contributed by atoms with van der Waals surface area (Å²) >= 11 is 1.24. The number of hydrogen-bond acceptors (Lipinski definition) is 7. The molecule has 8 heteroatoms. The van der Waals surface area contributed by atoms with Crippen molar-refractivity contribution in [1.29, 1.82) is 0 Å². The lowest BCUT2D eigenvalue weighted by Crippen LogP contribution is -2.23. The molecule has 0 fully saturated rings. The Balaban J connectivity index is 1.50. The van der Waals surface area contributed by atoms with Crippen molar-refractivity contribution in [3.63, 3.8) is 0 Å². The van der Waals surface area contributed by atoms with Crippen molar-refractivity contribution in [2.75, 3.05) is 0 Å². The van der Waals surface area contributed by atoms with Crippen LogP contribution < -0.4 is 5.56 Å². The number of aromatic nitrogens is 5. The number of hydrogen-bond donors (Lipinski definition) is 0. The highest BCUT2D eigenvalue weighted by atomic mass is 32.2. The van der Waals surface area contributed by atoms with E-state index in [-0.39, 0.29) is 16.9 Å². The minimum Gasteiger partial charge on any atom is -0.411 e. The lowest BCUT2D eigenvalue weighted by molar-refractivity contribution is 0.464. The summed E-state index contributed by atoms with van der Waals surface area (Å²) in [6, 6.07) is 15.2. The molecule has 4 rings (SSSR count). The van der Waals surface area contributed by atoms with Gasteiger partial charge in [0.1, 0.15) is 11.4 Å². The average molecular weight is 393 g/mol. The van der Waals surface area contributed by atoms with Crippen LogP contribution in [-0.2, 0) is 11.3 Å². The highest BCUT2D eigenvalue weighted by Gasteiger charge is 2.15. The highest BCUT2D eigenvalue weighted by molar-refractivity contribution is 7.98. The first kappa shape index (κ1) is 18.4. The van der Waals surface area contributed by atoms with Crippen LogP contribution in [0.2, 0.25) is 0 Å². The summed E-state index contributed by atoms with van der Waals surface area (Å²) in [5.41, 5.74) is 2.56. The SMILES string of the molecule is CC(C)(C)c1ccc(-c2nnc(SCn3nnc4ccccc4c3=O)o2)cc1. The van der Waals surface area contributed by atoms with E-state index in [9.17, 15) is 4.79 Å². The van der Waals surface area contributed by atoms with E-state index in [4.69, 9.17) is 4.42 Å². The third kappa shape index (κ3) is 3.68. The molecule has 0 N–H and O–H groups in total. The van der Waals surface area contributed by atoms with E-state index in [1.807, 2.05) is 18.2 Å². The van der Waals surface area contributed by atoms with Crippen molar-refractivity contribution in [3.8, 4) is 11.5 Å². The molecule has 0 amide bonds. The first-order valence-corrected chi connectivity index (χ1v) is 9.80. The normalized spacial score (nSPS) is 11.8. The average Bonchev–Trinajstić information content (AvgIpc) is 3.16. The van der Waals surface area contributed by atoms with Gasteiger partial charge >= 0.3 is 0 Å². The van der Waals surface area contributed by atoms with Crippen molar-refractivity contribution < 1.29 is 4.42 Å². The molecule has 2 aromatic carbocycles. The summed E-state index contributed by atoms with van der Waals surface area (Å²) in [6.45, 7) is 6.50. The molecule has 28 heavy (non-hydrogen) atoms. The van der Waals surface area contributed by atoms with Crippen molar-refractivity contribution in [2.24, 2.45) is 0 Å². The van der Waals surface area contributed by atoms with Crippen LogP contribution in [0.15, 0.2) is 63.0 Å². The summed E-state index contributed by atoms with van der Waals surface area (Å²) in [6.07, 6.45) is 0. The van der Waals surface area contributed by atoms with Crippen LogP contribution in [-0.4, -0.2) is 25.2 Å². The van der Waals surface area contributed by atoms with Gasteiger partial charge in [-0.1, -0.05) is 50.3 Å². The Bertz CT molecular complexity index is 1180. The summed E-state index contributed by atoms with van der Waals surface area (Å²) in [5, 5.41) is 17.1. The third-order valence-corrected chi connectivity index (χ3v) is 5.13. The van der Waals surface area contributed by atoms with Gasteiger partial charge in [0.15, 0.2) is 0 Å². The molecule has 142 valence electrons. The van der Waals surface area contributed by atoms with Crippen molar-refractivity contribution in [1.82, 2.24) is 25.2 Å². The Morgan fingerprint density at radius 1 is 1.00 bits per heavy atom. The van der Waals surface area contributed by atoms with Crippen LogP contribution in [0.1, 0.15) is 26.3 Å². The van der Waals surface area contributed by atoms with Gasteiger partial charge in [0.05, 0.1) is 5.39 Å². The highest BCUT2D eigenvalue weighted by Crippen LogP contribution is 2.27. The summed E-state index contributed by atoms with van der Waals surface area (Å²) in [5.74, 6) is 0.682. The van der Waals surface area contributed by atoms with Crippen molar-refractivity contribution >= 4 is 22.7 Å². The van der Waals surface area contributed by atoms with E-state index in [0.717, 1.165) is 5.56 Å². The van der Waals surface area contributed by atoms with Crippen LogP contribution in [0.3, 0.4) is 0 Å². The fraction of sp³-hybridized carbons (Fsp3) is 0.250. The van der Waals surface area contributed by atoms with Gasteiger partial charge in [0.2, 0.25) is 5.89 Å². The summed E-state index contributed by atoms with van der Waals surface area (Å²) in [4.78, 5) is 12.5. The minimum absolute atomic E-state index is 0.0858. The van der Waals surface area contributed by atoms with Gasteiger partial charge in [-0.05, 0) is 47.0 Å². The van der Waals surface area contributed by atoms with Crippen LogP contribution in [0.5, 0.6) is 0 Å². The van der Waals surface area contributed by atoms with Gasteiger partial charge in [-0.25, -0.2) is 0 Å². The molecule has 0 unspecified atom stereocenters. The lowest BCUT2D eigenvalue weighted by Gasteiger charge is -2.18. The molecule has 0 radical (unpaired) electrons. The molecule has 0 spiro atoms. The number of fused-ring (bicyclic) bond motifs is 1. The van der Waals surface area contributed by atoms with E-state index < -0.39 is 0 Å². The molecule has 2 heterocycles. The molecule has 7 nitrogen and oxygen atoms in total. The van der Waals surface area contributed by atoms with E-state index >= 15 is 0 Å². The molecule has 0 saturated carbocycles. The van der Waals surface area contributed by atoms with Gasteiger partial charge < -0.3 is 4.42 Å². The largest absolute Gasteiger partial charge is 0.411 e. The van der Waals surface area contributed by atoms with E-state index in [2.05, 4.69) is 53.4 Å². The van der Waals surface area contributed by atoms with Crippen LogP contribution >= 0.6 is 11.8 Å². The minimum atomic E-state index is -0.199. The molecule has 0 aliphatic rings. The van der Waals surface area contributed by atoms with Gasteiger partial charge in [-0.3, -0.25) is 4.79 Å². The second-order valence-corrected chi connectivity index (χ2v) is 8.28. The zero-order valence-corrected chi connectivity index (χ0v) is 16.6. The van der Waals surface area contributed by atoms with Gasteiger partial charge in [-0.15, -0.1) is 15.3 Å². The number of rotatable bonds is 4. The Morgan fingerprint density at radius 2 is 1.75 bits per heavy atom. The number of nitrogens with zero attached hydrogens (tertiary/aromatic N) is 5. The predicted octanol–water partition coefficient (Wildman–Crippen LogP) is 3.89. The maximum atomic E-state index is 12.5. The molecule has 2 aromatic heterocycles. The Hall–Kier alpha value is -3.00. The van der Waals surface area contributed by atoms with Gasteiger partial charge in [0, 0.05) is 5.56 Å². The van der Waals surface area contributed by atoms with E-state index in [1.165, 1.54) is 22.0 Å². The molecule has 0 saturated heterocycles. The zero-order chi connectivity index (χ0) is 19.7. The van der Waals surface area contributed by atoms with Crippen LogP contribution in [0, 0.1) is 0 Å². The first-order chi connectivity index (χ1) is 13.4. The van der Waals surface area contributed by atoms with Crippen LogP contribution in [0.4, 0.5) is 0 Å². The zero-order valence-electron chi connectivity index (χ0n) is 15.8. The lowest BCUT2D eigenvalue weighted by atomic mass is 9.87. The maximum absolute atomic E-state index is 12.5. The Morgan fingerprint density at radius 3 is 2.50 bits per heavy atom. The van der Waals surface area contributed by atoms with Gasteiger partial charge in [-0.2, -0.15) is 4.68 Å². The first-order valence-electron chi connectivity index (χ1n) is 8.81. The topological polar surface area (TPSA) is 86.7 Å². The quantitative estimate of drug-likeness (QED) is 0.486. The molecule has 0 atom stereocenters. The summed E-state index contributed by atoms with van der Waals surface area (Å²) in [7, 11) is 0. The predicted molar refractivity (Wildman–Crippen MR) is 108 cm³/mol. The monoisotopic (exact) mass is 393 g/mol. The molecule has 0 aliphatic carbocycles. The molecule has 4 aromatic rings. The summed E-state index contributed by atoms with van der Waals surface area (Å²) < 4.78 is 7.01. The maximum Gasteiger partial charge on any atom is 0.278 e. The Labute approximate surface area is 165 Å². The van der Waals surface area contributed by atoms with E-state index in [1.54, 1.807) is 18.2 Å². The Kier molecular flexibility index (Phi) is 4.72. The third-order valence-electron chi connectivity index (χ3n) is 4.34. The molecular weight excluding hydrogens is 374 g/mol. The second kappa shape index (κ2) is 7.20. The van der Waals surface area contributed by atoms with Crippen molar-refractivity contribution in [3.05, 3.63) is 64.4 Å². The van der Waals surface area contributed by atoms with Gasteiger partial charge in [0.25, 0.3) is 10.8 Å².